The molecule has 1 aromatic heterocycles. The standard InChI is InChI=1S/C14H14ClNO2/c15-14-7-3-5-12(16-14)10-18-13-6-2-1-4-11(13)8-9-17/h1-7,17H,8-10H2. The van der Waals surface area contributed by atoms with Gasteiger partial charge in [-0.3, -0.25) is 0 Å². The molecule has 0 aliphatic carbocycles. The molecule has 1 heterocycles. The van der Waals surface area contributed by atoms with Crippen LogP contribution < -0.4 is 4.74 Å². The summed E-state index contributed by atoms with van der Waals surface area (Å²) in [6.45, 7) is 0.471. The van der Waals surface area contributed by atoms with E-state index in [1.165, 1.54) is 0 Å². The monoisotopic (exact) mass is 263 g/mol. The van der Waals surface area contributed by atoms with E-state index in [2.05, 4.69) is 4.98 Å². The van der Waals surface area contributed by atoms with Crippen molar-refractivity contribution in [1.82, 2.24) is 4.98 Å². The number of nitrogens with zero attached hydrogens (tertiary/aromatic N) is 1. The summed E-state index contributed by atoms with van der Waals surface area (Å²) in [7, 11) is 0. The highest BCUT2D eigenvalue weighted by Gasteiger charge is 2.03. The normalized spacial score (nSPS) is 10.3. The number of pyridine rings is 1. The first kappa shape index (κ1) is 12.9. The summed E-state index contributed by atoms with van der Waals surface area (Å²) in [6.07, 6.45) is 0.582. The molecule has 2 aromatic rings. The number of hydrogen-bond donors (Lipinski definition) is 1. The molecule has 0 aliphatic rings. The van der Waals surface area contributed by atoms with Gasteiger partial charge in [0.15, 0.2) is 0 Å². The van der Waals surface area contributed by atoms with Crippen molar-refractivity contribution in [2.75, 3.05) is 6.61 Å². The summed E-state index contributed by atoms with van der Waals surface area (Å²) in [5.41, 5.74) is 1.77. The Hall–Kier alpha value is -1.58. The summed E-state index contributed by atoms with van der Waals surface area (Å²) < 4.78 is 5.70. The number of benzene rings is 1. The molecule has 0 aliphatic heterocycles. The molecule has 94 valence electrons. The minimum absolute atomic E-state index is 0.107. The number of aliphatic hydroxyl groups is 1. The molecule has 18 heavy (non-hydrogen) atoms. The third-order valence-electron chi connectivity index (χ3n) is 2.50. The fraction of sp³-hybridized carbons (Fsp3) is 0.214. The lowest BCUT2D eigenvalue weighted by atomic mass is 10.1. The van der Waals surface area contributed by atoms with Gasteiger partial charge in [0.1, 0.15) is 17.5 Å². The predicted octanol–water partition coefficient (Wildman–Crippen LogP) is 2.85. The number of rotatable bonds is 5. The smallest absolute Gasteiger partial charge is 0.130 e. The highest BCUT2D eigenvalue weighted by Crippen LogP contribution is 2.19. The summed E-state index contributed by atoms with van der Waals surface area (Å²) in [5.74, 6) is 0.772. The molecule has 2 rings (SSSR count). The molecule has 0 fully saturated rings. The third kappa shape index (κ3) is 3.45. The van der Waals surface area contributed by atoms with E-state index >= 15 is 0 Å². The Kier molecular flexibility index (Phi) is 4.56. The van der Waals surface area contributed by atoms with Crippen LogP contribution in [0.15, 0.2) is 42.5 Å². The Labute approximate surface area is 111 Å². The molecule has 0 unspecified atom stereocenters. The van der Waals surface area contributed by atoms with Crippen LogP contribution in [0.3, 0.4) is 0 Å². The van der Waals surface area contributed by atoms with Crippen LogP contribution in [-0.2, 0) is 13.0 Å². The number of aliphatic hydroxyl groups excluding tert-OH is 1. The number of ether oxygens (including phenoxy) is 1. The SMILES string of the molecule is OCCc1ccccc1OCc1cccc(Cl)n1. The third-order valence-corrected chi connectivity index (χ3v) is 2.71. The van der Waals surface area contributed by atoms with Crippen LogP contribution >= 0.6 is 11.6 Å². The lowest BCUT2D eigenvalue weighted by Crippen LogP contribution is -2.01. The fourth-order valence-corrected chi connectivity index (χ4v) is 1.84. The van der Waals surface area contributed by atoms with E-state index in [1.54, 1.807) is 6.07 Å². The predicted molar refractivity (Wildman–Crippen MR) is 70.8 cm³/mol. The quantitative estimate of drug-likeness (QED) is 0.844. The second-order valence-corrected chi connectivity index (χ2v) is 4.21. The van der Waals surface area contributed by atoms with Gasteiger partial charge < -0.3 is 9.84 Å². The van der Waals surface area contributed by atoms with E-state index in [4.69, 9.17) is 21.4 Å². The van der Waals surface area contributed by atoms with Crippen molar-refractivity contribution in [2.24, 2.45) is 0 Å². The maximum absolute atomic E-state index is 8.98. The van der Waals surface area contributed by atoms with Crippen LogP contribution in [0.2, 0.25) is 5.15 Å². The maximum atomic E-state index is 8.98. The molecule has 0 atom stereocenters. The Bertz CT molecular complexity index is 517. The van der Waals surface area contributed by atoms with Crippen molar-refractivity contribution in [3.05, 3.63) is 58.9 Å². The van der Waals surface area contributed by atoms with E-state index in [1.807, 2.05) is 36.4 Å². The highest BCUT2D eigenvalue weighted by atomic mass is 35.5. The Balaban J connectivity index is 2.06. The minimum atomic E-state index is 0.107. The second kappa shape index (κ2) is 6.38. The number of aromatic nitrogens is 1. The topological polar surface area (TPSA) is 42.4 Å². The van der Waals surface area contributed by atoms with Crippen LogP contribution in [0.4, 0.5) is 0 Å². The van der Waals surface area contributed by atoms with Crippen LogP contribution in [0.25, 0.3) is 0 Å². The molecule has 1 aromatic carbocycles. The molecule has 1 N–H and O–H groups in total. The number of halogens is 1. The van der Waals surface area contributed by atoms with Gasteiger partial charge in [-0.1, -0.05) is 35.9 Å². The lowest BCUT2D eigenvalue weighted by molar-refractivity contribution is 0.282. The molecule has 4 heteroatoms. The van der Waals surface area contributed by atoms with Crippen LogP contribution in [0, 0.1) is 0 Å². The zero-order valence-electron chi connectivity index (χ0n) is 9.84. The molecule has 0 radical (unpaired) electrons. The highest BCUT2D eigenvalue weighted by molar-refractivity contribution is 6.29. The van der Waals surface area contributed by atoms with E-state index in [-0.39, 0.29) is 6.61 Å². The van der Waals surface area contributed by atoms with Gasteiger partial charge >= 0.3 is 0 Å². The summed E-state index contributed by atoms with van der Waals surface area (Å²) >= 11 is 5.81. The second-order valence-electron chi connectivity index (χ2n) is 3.82. The van der Waals surface area contributed by atoms with E-state index in [9.17, 15) is 0 Å². The van der Waals surface area contributed by atoms with Gasteiger partial charge in [-0.05, 0) is 30.2 Å². The molecule has 0 saturated heterocycles. The molecular formula is C14H14ClNO2. The van der Waals surface area contributed by atoms with Crippen LogP contribution in [0.5, 0.6) is 5.75 Å². The largest absolute Gasteiger partial charge is 0.487 e. The molecule has 0 spiro atoms. The van der Waals surface area contributed by atoms with Crippen molar-refractivity contribution in [2.45, 2.75) is 13.0 Å². The zero-order valence-corrected chi connectivity index (χ0v) is 10.6. The van der Waals surface area contributed by atoms with Gasteiger partial charge in [-0.25, -0.2) is 4.98 Å². The first-order valence-corrected chi connectivity index (χ1v) is 6.10. The molecule has 3 nitrogen and oxygen atoms in total. The average molecular weight is 264 g/mol. The van der Waals surface area contributed by atoms with E-state index in [0.717, 1.165) is 17.0 Å². The molecule has 0 saturated carbocycles. The molecule has 0 bridgehead atoms. The van der Waals surface area contributed by atoms with Gasteiger partial charge in [0, 0.05) is 6.61 Å². The number of para-hydroxylation sites is 1. The average Bonchev–Trinajstić information content (AvgIpc) is 2.38. The van der Waals surface area contributed by atoms with Gasteiger partial charge in [0.2, 0.25) is 0 Å². The van der Waals surface area contributed by atoms with Crippen molar-refractivity contribution in [3.63, 3.8) is 0 Å². The van der Waals surface area contributed by atoms with E-state index in [0.29, 0.717) is 18.2 Å². The minimum Gasteiger partial charge on any atom is -0.487 e. The zero-order chi connectivity index (χ0) is 12.8. The maximum Gasteiger partial charge on any atom is 0.130 e. The van der Waals surface area contributed by atoms with Crippen molar-refractivity contribution in [3.8, 4) is 5.75 Å². The Morgan fingerprint density at radius 1 is 1.11 bits per heavy atom. The van der Waals surface area contributed by atoms with E-state index < -0.39 is 0 Å². The molecular weight excluding hydrogens is 250 g/mol. The van der Waals surface area contributed by atoms with Gasteiger partial charge in [0.05, 0.1) is 5.69 Å². The van der Waals surface area contributed by atoms with Crippen molar-refractivity contribution >= 4 is 11.6 Å². The summed E-state index contributed by atoms with van der Waals surface area (Å²) in [4.78, 5) is 4.15. The first-order chi connectivity index (χ1) is 8.79. The van der Waals surface area contributed by atoms with Gasteiger partial charge in [-0.2, -0.15) is 0 Å². The van der Waals surface area contributed by atoms with Crippen LogP contribution in [-0.4, -0.2) is 16.7 Å². The summed E-state index contributed by atoms with van der Waals surface area (Å²) in [5, 5.41) is 9.44. The first-order valence-electron chi connectivity index (χ1n) is 5.72. The lowest BCUT2D eigenvalue weighted by Gasteiger charge is -2.10. The summed E-state index contributed by atoms with van der Waals surface area (Å²) in [6, 6.07) is 13.1. The van der Waals surface area contributed by atoms with Crippen LogP contribution in [0.1, 0.15) is 11.3 Å². The Morgan fingerprint density at radius 3 is 2.72 bits per heavy atom. The Morgan fingerprint density at radius 2 is 1.94 bits per heavy atom. The van der Waals surface area contributed by atoms with Gasteiger partial charge in [-0.15, -0.1) is 0 Å². The van der Waals surface area contributed by atoms with Crippen molar-refractivity contribution < 1.29 is 9.84 Å². The fourth-order valence-electron chi connectivity index (χ4n) is 1.65. The van der Waals surface area contributed by atoms with Crippen molar-refractivity contribution in [1.29, 1.82) is 0 Å². The molecule has 0 amide bonds. The number of hydrogen-bond acceptors (Lipinski definition) is 3. The van der Waals surface area contributed by atoms with Gasteiger partial charge in [0.25, 0.3) is 0 Å².